The Morgan fingerprint density at radius 2 is 1.47 bits per heavy atom. The zero-order valence-electron chi connectivity index (χ0n) is 18.5. The summed E-state index contributed by atoms with van der Waals surface area (Å²) < 4.78 is 10.6. The molecule has 3 aromatic carbocycles. The molecule has 1 aliphatic rings. The summed E-state index contributed by atoms with van der Waals surface area (Å²) in [4.78, 5) is 0. The summed E-state index contributed by atoms with van der Waals surface area (Å²) in [6, 6.07) is 28.0. The quantitative estimate of drug-likeness (QED) is 0.394. The molecule has 0 unspecified atom stereocenters. The topological polar surface area (TPSA) is 18.0 Å². The van der Waals surface area contributed by atoms with Gasteiger partial charge < -0.3 is 21.7 Å². The second-order valence-electron chi connectivity index (χ2n) is 8.13. The van der Waals surface area contributed by atoms with Crippen molar-refractivity contribution in [2.24, 2.45) is 0 Å². The molecule has 0 saturated heterocycles. The zero-order valence-corrected chi connectivity index (χ0v) is 20.1. The molecule has 0 atom stereocenters. The maximum Gasteiger partial charge on any atom is 0.262 e. The van der Waals surface area contributed by atoms with Gasteiger partial charge in [-0.25, -0.2) is 4.57 Å². The van der Waals surface area contributed by atoms with Gasteiger partial charge in [-0.2, -0.15) is 4.57 Å². The molecular weight excluding hydrogens is 460 g/mol. The number of ether oxygens (including phenoxy) is 1. The smallest absolute Gasteiger partial charge is 0.262 e. The summed E-state index contributed by atoms with van der Waals surface area (Å²) in [7, 11) is 0. The lowest BCUT2D eigenvalue weighted by Crippen LogP contribution is -3.00. The number of hydrogen-bond acceptors (Lipinski definition) is 1. The predicted octanol–water partition coefficient (Wildman–Crippen LogP) is 3.23. The molecule has 0 spiro atoms. The van der Waals surface area contributed by atoms with E-state index < -0.39 is 0 Å². The molecule has 5 rings (SSSR count). The van der Waals surface area contributed by atoms with Crippen molar-refractivity contribution in [3.8, 4) is 33.8 Å². The van der Waals surface area contributed by atoms with Crippen LogP contribution in [0.15, 0.2) is 85.1 Å². The third-order valence-electron chi connectivity index (χ3n) is 6.13. The van der Waals surface area contributed by atoms with E-state index in [1.807, 2.05) is 6.92 Å². The molecule has 0 fully saturated rings. The Labute approximate surface area is 201 Å². The number of nitrogens with zero attached hydrogens (tertiary/aromatic N) is 2. The number of imidazole rings is 1. The van der Waals surface area contributed by atoms with Crippen LogP contribution < -0.4 is 26.3 Å². The highest BCUT2D eigenvalue weighted by molar-refractivity contribution is 5.65. The third-order valence-corrected chi connectivity index (χ3v) is 6.13. The number of rotatable bonds is 5. The highest BCUT2D eigenvalue weighted by Crippen LogP contribution is 2.27. The molecule has 0 bridgehead atoms. The van der Waals surface area contributed by atoms with Crippen molar-refractivity contribution in [3.63, 3.8) is 0 Å². The molecule has 3 nitrogen and oxygen atoms in total. The van der Waals surface area contributed by atoms with E-state index >= 15 is 0 Å². The van der Waals surface area contributed by atoms with Gasteiger partial charge in [0, 0.05) is 12.0 Å². The molecule has 1 aromatic heterocycles. The summed E-state index contributed by atoms with van der Waals surface area (Å²) in [6.45, 7) is 3.79. The molecule has 1 aliphatic heterocycles. The molecule has 0 N–H and O–H groups in total. The van der Waals surface area contributed by atoms with Crippen LogP contribution in [-0.4, -0.2) is 11.2 Å². The monoisotopic (exact) mass is 488 g/mol. The molecule has 4 heteroatoms. The van der Waals surface area contributed by atoms with E-state index in [-0.39, 0.29) is 17.0 Å². The highest BCUT2D eigenvalue weighted by atomic mass is 79.9. The van der Waals surface area contributed by atoms with Crippen molar-refractivity contribution in [2.75, 3.05) is 6.61 Å². The van der Waals surface area contributed by atoms with Gasteiger partial charge in [-0.3, -0.25) is 0 Å². The van der Waals surface area contributed by atoms with E-state index in [9.17, 15) is 0 Å². The summed E-state index contributed by atoms with van der Waals surface area (Å²) in [5, 5.41) is 0. The first kappa shape index (κ1) is 22.3. The minimum Gasteiger partial charge on any atom is -1.00 e. The minimum atomic E-state index is 0. The van der Waals surface area contributed by atoms with Gasteiger partial charge in [-0.05, 0) is 73.7 Å². The van der Waals surface area contributed by atoms with Crippen LogP contribution >= 0.6 is 0 Å². The van der Waals surface area contributed by atoms with Crippen LogP contribution in [0.1, 0.15) is 32.0 Å². The number of halogens is 1. The predicted molar refractivity (Wildman–Crippen MR) is 126 cm³/mol. The maximum absolute atomic E-state index is 5.64. The zero-order chi connectivity index (χ0) is 21.0. The molecule has 0 saturated carbocycles. The van der Waals surface area contributed by atoms with Crippen molar-refractivity contribution >= 4 is 0 Å². The van der Waals surface area contributed by atoms with Crippen molar-refractivity contribution in [2.45, 2.75) is 39.2 Å². The fourth-order valence-corrected chi connectivity index (χ4v) is 4.56. The van der Waals surface area contributed by atoms with Crippen LogP contribution in [0, 0.1) is 0 Å². The molecule has 32 heavy (non-hydrogen) atoms. The van der Waals surface area contributed by atoms with E-state index in [1.54, 1.807) is 0 Å². The first-order valence-electron chi connectivity index (χ1n) is 11.4. The average Bonchev–Trinajstić information content (AvgIpc) is 3.01. The Kier molecular flexibility index (Phi) is 7.11. The van der Waals surface area contributed by atoms with Gasteiger partial charge in [0.05, 0.1) is 13.2 Å². The van der Waals surface area contributed by atoms with Gasteiger partial charge in [-0.15, -0.1) is 0 Å². The Hall–Kier alpha value is -2.85. The summed E-state index contributed by atoms with van der Waals surface area (Å²) in [5.41, 5.74) is 6.26. The normalized spacial score (nSPS) is 13.0. The summed E-state index contributed by atoms with van der Waals surface area (Å²) in [6.07, 6.45) is 7.19. The summed E-state index contributed by atoms with van der Waals surface area (Å²) >= 11 is 0. The standard InChI is InChI=1S/C28H29N2O.BrH/c1-2-31-26-18-14-24(15-19-26)27-21-30(28-11-7-4-8-20-29(27)28)25-16-12-23(13-17-25)22-9-5-3-6-10-22;/h3,5-6,9-10,12-19,21H,2,4,7-8,11,20H2,1H3;1H/q+1;/p-1. The Morgan fingerprint density at radius 3 is 2.19 bits per heavy atom. The molecule has 2 heterocycles. The molecule has 0 aliphatic carbocycles. The number of benzene rings is 3. The second kappa shape index (κ2) is 10.2. The minimum absolute atomic E-state index is 0. The van der Waals surface area contributed by atoms with Crippen LogP contribution in [0.4, 0.5) is 0 Å². The van der Waals surface area contributed by atoms with E-state index in [2.05, 4.69) is 94.2 Å². The fourth-order valence-electron chi connectivity index (χ4n) is 4.56. The SMILES string of the molecule is CCOc1ccc(-c2cn(-c3ccc(-c4ccccc4)cc3)c3[n+]2CCCCC3)cc1.[Br-]. The van der Waals surface area contributed by atoms with Gasteiger partial charge in [0.1, 0.15) is 17.6 Å². The number of hydrogen-bond donors (Lipinski definition) is 0. The van der Waals surface area contributed by atoms with Crippen LogP contribution in [0.2, 0.25) is 0 Å². The third kappa shape index (κ3) is 4.51. The summed E-state index contributed by atoms with van der Waals surface area (Å²) in [5.74, 6) is 2.33. The second-order valence-corrected chi connectivity index (χ2v) is 8.13. The lowest BCUT2D eigenvalue weighted by molar-refractivity contribution is -0.692. The maximum atomic E-state index is 5.64. The Bertz CT molecular complexity index is 1150. The van der Waals surface area contributed by atoms with Crippen molar-refractivity contribution in [1.82, 2.24) is 4.57 Å². The van der Waals surface area contributed by atoms with Crippen LogP contribution in [-0.2, 0) is 13.0 Å². The van der Waals surface area contributed by atoms with Crippen molar-refractivity contribution in [3.05, 3.63) is 90.9 Å². The Morgan fingerprint density at radius 1 is 0.781 bits per heavy atom. The van der Waals surface area contributed by atoms with E-state index in [0.29, 0.717) is 6.61 Å². The van der Waals surface area contributed by atoms with Gasteiger partial charge in [-0.1, -0.05) is 42.5 Å². The van der Waals surface area contributed by atoms with Crippen LogP contribution in [0.3, 0.4) is 0 Å². The molecule has 164 valence electrons. The lowest BCUT2D eigenvalue weighted by atomic mass is 10.1. The first-order valence-corrected chi connectivity index (χ1v) is 11.4. The van der Waals surface area contributed by atoms with Crippen LogP contribution in [0.5, 0.6) is 5.75 Å². The molecular formula is C28H29BrN2O. The van der Waals surface area contributed by atoms with Gasteiger partial charge in [0.2, 0.25) is 0 Å². The average molecular weight is 489 g/mol. The number of fused-ring (bicyclic) bond motifs is 1. The largest absolute Gasteiger partial charge is 1.00 e. The first-order chi connectivity index (χ1) is 15.3. The number of aromatic nitrogens is 2. The molecule has 0 radical (unpaired) electrons. The fraction of sp³-hybridized carbons (Fsp3) is 0.250. The van der Waals surface area contributed by atoms with E-state index in [4.69, 9.17) is 4.74 Å². The van der Waals surface area contributed by atoms with Crippen LogP contribution in [0.25, 0.3) is 28.1 Å². The Balaban J connectivity index is 0.00000245. The van der Waals surface area contributed by atoms with Gasteiger partial charge >= 0.3 is 0 Å². The lowest BCUT2D eigenvalue weighted by Gasteiger charge is -2.05. The van der Waals surface area contributed by atoms with Crippen molar-refractivity contribution < 1.29 is 26.3 Å². The van der Waals surface area contributed by atoms with Gasteiger partial charge in [0.15, 0.2) is 5.69 Å². The van der Waals surface area contributed by atoms with E-state index in [0.717, 1.165) is 18.7 Å². The molecule has 4 aromatic rings. The highest BCUT2D eigenvalue weighted by Gasteiger charge is 2.26. The van der Waals surface area contributed by atoms with Gasteiger partial charge in [0.25, 0.3) is 5.82 Å². The molecule has 0 amide bonds. The van der Waals surface area contributed by atoms with Crippen molar-refractivity contribution in [1.29, 1.82) is 0 Å². The van der Waals surface area contributed by atoms with E-state index in [1.165, 1.54) is 53.2 Å².